The second kappa shape index (κ2) is 5.28. The van der Waals surface area contributed by atoms with Gasteiger partial charge in [-0.15, -0.1) is 0 Å². The summed E-state index contributed by atoms with van der Waals surface area (Å²) >= 11 is 0. The van der Waals surface area contributed by atoms with E-state index < -0.39 is 11.7 Å². The number of isocyanates is 1. The van der Waals surface area contributed by atoms with Crippen LogP contribution in [0.15, 0.2) is 35.3 Å². The van der Waals surface area contributed by atoms with Crippen molar-refractivity contribution < 1.29 is 18.0 Å². The predicted octanol–water partition coefficient (Wildman–Crippen LogP) is 3.05. The van der Waals surface area contributed by atoms with E-state index in [1.807, 2.05) is 0 Å². The van der Waals surface area contributed by atoms with Gasteiger partial charge in [-0.25, -0.2) is 9.79 Å². The molecule has 0 saturated carbocycles. The Kier molecular flexibility index (Phi) is 4.03. The molecule has 0 aliphatic carbocycles. The summed E-state index contributed by atoms with van der Waals surface area (Å²) in [4.78, 5) is 13.0. The van der Waals surface area contributed by atoms with Crippen molar-refractivity contribution in [3.05, 3.63) is 41.5 Å². The maximum Gasteiger partial charge on any atom is 0.416 e. The molecule has 0 aliphatic heterocycles. The summed E-state index contributed by atoms with van der Waals surface area (Å²) in [5.74, 6) is 0. The molecule has 2 nitrogen and oxygen atoms in total. The lowest BCUT2D eigenvalue weighted by Gasteiger charge is -2.05. The number of aliphatic imine (C=N–C) groups is 1. The molecule has 1 aromatic rings. The predicted molar refractivity (Wildman–Crippen MR) is 53.5 cm³/mol. The van der Waals surface area contributed by atoms with Gasteiger partial charge in [-0.05, 0) is 17.7 Å². The average molecular weight is 227 g/mol. The Bertz CT molecular complexity index is 414. The van der Waals surface area contributed by atoms with Crippen LogP contribution >= 0.6 is 0 Å². The van der Waals surface area contributed by atoms with Gasteiger partial charge >= 0.3 is 6.18 Å². The highest BCUT2D eigenvalue weighted by Gasteiger charge is 2.29. The zero-order chi connectivity index (χ0) is 12.0. The molecular formula is C11H8F3NO. The summed E-state index contributed by atoms with van der Waals surface area (Å²) in [5.41, 5.74) is -0.0651. The van der Waals surface area contributed by atoms with Crippen LogP contribution in [0.25, 0.3) is 6.08 Å². The monoisotopic (exact) mass is 227 g/mol. The van der Waals surface area contributed by atoms with E-state index in [1.54, 1.807) is 12.2 Å². The number of hydrogen-bond acceptors (Lipinski definition) is 2. The molecule has 1 rings (SSSR count). The Labute approximate surface area is 90.1 Å². The van der Waals surface area contributed by atoms with Gasteiger partial charge in [0.15, 0.2) is 0 Å². The maximum atomic E-state index is 12.2. The molecule has 0 saturated heterocycles. The van der Waals surface area contributed by atoms with Crippen LogP contribution < -0.4 is 0 Å². The van der Waals surface area contributed by atoms with Crippen molar-refractivity contribution in [3.63, 3.8) is 0 Å². The first-order valence-corrected chi connectivity index (χ1v) is 4.41. The molecule has 0 unspecified atom stereocenters. The van der Waals surface area contributed by atoms with Crippen LogP contribution in [0.2, 0.25) is 0 Å². The maximum absolute atomic E-state index is 12.2. The van der Waals surface area contributed by atoms with Gasteiger partial charge in [0.2, 0.25) is 6.08 Å². The molecule has 0 amide bonds. The highest BCUT2D eigenvalue weighted by atomic mass is 19.4. The third-order valence-corrected chi connectivity index (χ3v) is 1.81. The number of carbonyl (C=O) groups excluding carboxylic acids is 1. The Morgan fingerprint density at radius 3 is 2.38 bits per heavy atom. The Balaban J connectivity index is 2.72. The van der Waals surface area contributed by atoms with Gasteiger partial charge in [0.05, 0.1) is 12.1 Å². The smallest absolute Gasteiger partial charge is 0.211 e. The SMILES string of the molecule is O=C=NC/C=C\c1ccc(C(F)(F)F)cc1. The number of halogens is 3. The van der Waals surface area contributed by atoms with Crippen LogP contribution in [0.1, 0.15) is 11.1 Å². The molecule has 0 atom stereocenters. The van der Waals surface area contributed by atoms with Gasteiger partial charge in [-0.1, -0.05) is 24.3 Å². The van der Waals surface area contributed by atoms with Crippen molar-refractivity contribution >= 4 is 12.2 Å². The highest BCUT2D eigenvalue weighted by molar-refractivity contribution is 5.50. The first-order valence-electron chi connectivity index (χ1n) is 4.41. The van der Waals surface area contributed by atoms with E-state index in [-0.39, 0.29) is 6.54 Å². The first-order chi connectivity index (χ1) is 7.54. The van der Waals surface area contributed by atoms with Crippen molar-refractivity contribution in [1.82, 2.24) is 0 Å². The summed E-state index contributed by atoms with van der Waals surface area (Å²) < 4.78 is 36.6. The van der Waals surface area contributed by atoms with Crippen molar-refractivity contribution in [1.29, 1.82) is 0 Å². The normalized spacial score (nSPS) is 11.4. The van der Waals surface area contributed by atoms with E-state index >= 15 is 0 Å². The molecule has 0 fully saturated rings. The summed E-state index contributed by atoms with van der Waals surface area (Å²) in [6, 6.07) is 4.71. The van der Waals surface area contributed by atoms with E-state index in [9.17, 15) is 18.0 Å². The molecule has 0 bridgehead atoms. The fourth-order valence-corrected chi connectivity index (χ4v) is 1.06. The standard InChI is InChI=1S/C11H8F3NO/c12-11(13,14)10-5-3-9(4-6-10)2-1-7-15-8-16/h1-6H,7H2/b2-1-. The van der Waals surface area contributed by atoms with Gasteiger partial charge < -0.3 is 0 Å². The van der Waals surface area contributed by atoms with Gasteiger partial charge in [0, 0.05) is 0 Å². The number of rotatable bonds is 3. The Hall–Kier alpha value is -1.87. The van der Waals surface area contributed by atoms with Gasteiger partial charge in [0.25, 0.3) is 0 Å². The number of alkyl halides is 3. The van der Waals surface area contributed by atoms with Crippen molar-refractivity contribution in [3.8, 4) is 0 Å². The second-order valence-corrected chi connectivity index (χ2v) is 2.95. The second-order valence-electron chi connectivity index (χ2n) is 2.95. The van der Waals surface area contributed by atoms with Gasteiger partial charge in [-0.3, -0.25) is 0 Å². The van der Waals surface area contributed by atoms with E-state index in [2.05, 4.69) is 4.99 Å². The summed E-state index contributed by atoms with van der Waals surface area (Å²) in [6.45, 7) is 0.171. The van der Waals surface area contributed by atoms with Crippen molar-refractivity contribution in [2.24, 2.45) is 4.99 Å². The highest BCUT2D eigenvalue weighted by Crippen LogP contribution is 2.29. The molecule has 0 aromatic heterocycles. The Morgan fingerprint density at radius 2 is 1.88 bits per heavy atom. The molecule has 0 radical (unpaired) electrons. The average Bonchev–Trinajstić information content (AvgIpc) is 2.24. The lowest BCUT2D eigenvalue weighted by atomic mass is 10.1. The van der Waals surface area contributed by atoms with Crippen molar-refractivity contribution in [2.45, 2.75) is 6.18 Å². The zero-order valence-corrected chi connectivity index (χ0v) is 8.16. The van der Waals surface area contributed by atoms with Crippen LogP contribution in [-0.4, -0.2) is 12.6 Å². The van der Waals surface area contributed by atoms with Gasteiger partial charge in [-0.2, -0.15) is 13.2 Å². The van der Waals surface area contributed by atoms with Crippen LogP contribution in [-0.2, 0) is 11.0 Å². The van der Waals surface area contributed by atoms with Crippen LogP contribution in [0, 0.1) is 0 Å². The minimum atomic E-state index is -4.32. The number of benzene rings is 1. The van der Waals surface area contributed by atoms with Crippen LogP contribution in [0.5, 0.6) is 0 Å². The fraction of sp³-hybridized carbons (Fsp3) is 0.182. The van der Waals surface area contributed by atoms with E-state index in [1.165, 1.54) is 18.2 Å². The molecule has 84 valence electrons. The van der Waals surface area contributed by atoms with Crippen molar-refractivity contribution in [2.75, 3.05) is 6.54 Å². The third-order valence-electron chi connectivity index (χ3n) is 1.81. The quantitative estimate of drug-likeness (QED) is 0.576. The molecule has 16 heavy (non-hydrogen) atoms. The fourth-order valence-electron chi connectivity index (χ4n) is 1.06. The minimum absolute atomic E-state index is 0.171. The molecule has 0 spiro atoms. The molecule has 0 heterocycles. The Morgan fingerprint density at radius 1 is 1.25 bits per heavy atom. The van der Waals surface area contributed by atoms with E-state index in [0.717, 1.165) is 12.1 Å². The lowest BCUT2D eigenvalue weighted by Crippen LogP contribution is -2.03. The molecule has 1 aromatic carbocycles. The minimum Gasteiger partial charge on any atom is -0.211 e. The summed E-state index contributed by atoms with van der Waals surface area (Å²) in [6.07, 6.45) is 0.190. The largest absolute Gasteiger partial charge is 0.416 e. The topological polar surface area (TPSA) is 29.4 Å². The summed E-state index contributed by atoms with van der Waals surface area (Å²) in [7, 11) is 0. The zero-order valence-electron chi connectivity index (χ0n) is 8.16. The third kappa shape index (κ3) is 3.71. The van der Waals surface area contributed by atoms with E-state index in [0.29, 0.717) is 5.56 Å². The van der Waals surface area contributed by atoms with Gasteiger partial charge in [0.1, 0.15) is 0 Å². The molecule has 0 N–H and O–H groups in total. The molecule has 0 aliphatic rings. The molecule has 5 heteroatoms. The number of hydrogen-bond donors (Lipinski definition) is 0. The molecular weight excluding hydrogens is 219 g/mol. The summed E-state index contributed by atoms with van der Waals surface area (Å²) in [5, 5.41) is 0. The van der Waals surface area contributed by atoms with Crippen LogP contribution in [0.4, 0.5) is 13.2 Å². The lowest BCUT2D eigenvalue weighted by molar-refractivity contribution is -0.137. The van der Waals surface area contributed by atoms with E-state index in [4.69, 9.17) is 0 Å². The van der Waals surface area contributed by atoms with Crippen LogP contribution in [0.3, 0.4) is 0 Å². The first kappa shape index (κ1) is 12.2. The number of nitrogens with zero attached hydrogens (tertiary/aromatic N) is 1.